The molecule has 0 saturated heterocycles. The summed E-state index contributed by atoms with van der Waals surface area (Å²) in [6.07, 6.45) is -1.13. The average Bonchev–Trinajstić information content (AvgIpc) is 2.77. The Morgan fingerprint density at radius 3 is 2.50 bits per heavy atom. The first-order valence-electron chi connectivity index (χ1n) is 5.24. The highest BCUT2D eigenvalue weighted by atomic mass is 16.6. The molecule has 0 aromatic heterocycles. The summed E-state index contributed by atoms with van der Waals surface area (Å²) in [6, 6.07) is 4.57. The van der Waals surface area contributed by atoms with Crippen LogP contribution in [0.25, 0.3) is 0 Å². The summed E-state index contributed by atoms with van der Waals surface area (Å²) in [7, 11) is 2.42. The molecule has 1 N–H and O–H groups in total. The highest BCUT2D eigenvalue weighted by molar-refractivity contribution is 5.90. The van der Waals surface area contributed by atoms with Gasteiger partial charge in [0.2, 0.25) is 6.10 Å². The smallest absolute Gasteiger partial charge is 0.348 e. The summed E-state index contributed by atoms with van der Waals surface area (Å²) in [6.45, 7) is 0. The number of fused-ring (bicyclic) bond motifs is 1. The van der Waals surface area contributed by atoms with E-state index in [2.05, 4.69) is 9.47 Å². The Morgan fingerprint density at radius 1 is 1.22 bits per heavy atom. The Kier molecular flexibility index (Phi) is 3.10. The molecule has 6 nitrogen and oxygen atoms in total. The van der Waals surface area contributed by atoms with E-state index in [4.69, 9.17) is 4.74 Å². The predicted molar refractivity (Wildman–Crippen MR) is 59.3 cm³/mol. The van der Waals surface area contributed by atoms with E-state index in [1.807, 2.05) is 0 Å². The van der Waals surface area contributed by atoms with Crippen LogP contribution in [0.5, 0.6) is 11.5 Å². The number of methoxy groups -OCH3 is 2. The lowest BCUT2D eigenvalue weighted by atomic mass is 9.95. The van der Waals surface area contributed by atoms with E-state index in [0.29, 0.717) is 5.56 Å². The molecule has 0 saturated carbocycles. The van der Waals surface area contributed by atoms with Crippen molar-refractivity contribution in [3.8, 4) is 11.5 Å². The molecule has 2 atom stereocenters. The number of esters is 2. The highest BCUT2D eigenvalue weighted by Gasteiger charge is 2.46. The van der Waals surface area contributed by atoms with E-state index in [-0.39, 0.29) is 11.5 Å². The maximum atomic E-state index is 11.7. The molecule has 0 bridgehead atoms. The third-order valence-electron chi connectivity index (χ3n) is 2.80. The van der Waals surface area contributed by atoms with Crippen molar-refractivity contribution >= 4 is 11.9 Å². The third kappa shape index (κ3) is 1.75. The summed E-state index contributed by atoms with van der Waals surface area (Å²) in [5.74, 6) is -2.25. The molecule has 96 valence electrons. The molecule has 0 radical (unpaired) electrons. The highest BCUT2D eigenvalue weighted by Crippen LogP contribution is 2.44. The van der Waals surface area contributed by atoms with Crippen molar-refractivity contribution in [2.75, 3.05) is 14.2 Å². The molecule has 1 aliphatic heterocycles. The zero-order chi connectivity index (χ0) is 13.3. The van der Waals surface area contributed by atoms with Gasteiger partial charge in [0.15, 0.2) is 11.5 Å². The molecular weight excluding hydrogens is 240 g/mol. The number of carbonyl (C=O) groups is 2. The van der Waals surface area contributed by atoms with Crippen molar-refractivity contribution in [3.63, 3.8) is 0 Å². The van der Waals surface area contributed by atoms with Crippen LogP contribution in [0.4, 0.5) is 0 Å². The number of phenolic OH excluding ortho intramolecular Hbond substituents is 1. The topological polar surface area (TPSA) is 82.1 Å². The number of phenols is 1. The molecule has 1 aromatic rings. The SMILES string of the molecule is COC(=O)C1Oc2c(O)cccc2C1C(=O)OC. The van der Waals surface area contributed by atoms with E-state index in [1.165, 1.54) is 20.3 Å². The van der Waals surface area contributed by atoms with Gasteiger partial charge in [-0.3, -0.25) is 4.79 Å². The lowest BCUT2D eigenvalue weighted by Gasteiger charge is -2.14. The van der Waals surface area contributed by atoms with Crippen molar-refractivity contribution in [1.29, 1.82) is 0 Å². The standard InChI is InChI=1S/C12H12O6/c1-16-11(14)8-6-4-3-5-7(13)9(6)18-10(8)12(15)17-2/h3-5,8,10,13H,1-2H3. The summed E-state index contributed by atoms with van der Waals surface area (Å²) in [5, 5.41) is 9.65. The molecule has 0 aliphatic carbocycles. The number of carbonyl (C=O) groups excluding carboxylic acids is 2. The second-order valence-corrected chi connectivity index (χ2v) is 3.76. The van der Waals surface area contributed by atoms with Crippen molar-refractivity contribution in [1.82, 2.24) is 0 Å². The van der Waals surface area contributed by atoms with Crippen LogP contribution in [-0.4, -0.2) is 37.4 Å². The van der Waals surface area contributed by atoms with E-state index < -0.39 is 24.0 Å². The monoisotopic (exact) mass is 252 g/mol. The Bertz CT molecular complexity index is 495. The molecule has 2 unspecified atom stereocenters. The molecule has 0 spiro atoms. The molecule has 18 heavy (non-hydrogen) atoms. The Morgan fingerprint density at radius 2 is 1.89 bits per heavy atom. The minimum absolute atomic E-state index is 0.114. The molecule has 1 heterocycles. The van der Waals surface area contributed by atoms with E-state index in [0.717, 1.165) is 0 Å². The van der Waals surface area contributed by atoms with Crippen LogP contribution in [0.3, 0.4) is 0 Å². The normalized spacial score (nSPS) is 20.8. The maximum absolute atomic E-state index is 11.7. The van der Waals surface area contributed by atoms with Gasteiger partial charge in [-0.15, -0.1) is 0 Å². The first-order valence-corrected chi connectivity index (χ1v) is 5.24. The number of para-hydroxylation sites is 1. The van der Waals surface area contributed by atoms with Crippen molar-refractivity contribution in [2.45, 2.75) is 12.0 Å². The first kappa shape index (κ1) is 12.2. The Hall–Kier alpha value is -2.24. The van der Waals surface area contributed by atoms with Crippen LogP contribution in [-0.2, 0) is 19.1 Å². The lowest BCUT2D eigenvalue weighted by molar-refractivity contribution is -0.155. The minimum atomic E-state index is -1.13. The number of hydrogen-bond acceptors (Lipinski definition) is 6. The van der Waals surface area contributed by atoms with Crippen LogP contribution in [0.2, 0.25) is 0 Å². The summed E-state index contributed by atoms with van der Waals surface area (Å²) >= 11 is 0. The first-order chi connectivity index (χ1) is 8.60. The number of aromatic hydroxyl groups is 1. The molecule has 6 heteroatoms. The summed E-state index contributed by atoms with van der Waals surface area (Å²) in [4.78, 5) is 23.3. The zero-order valence-corrected chi connectivity index (χ0v) is 9.88. The van der Waals surface area contributed by atoms with Gasteiger partial charge in [0.25, 0.3) is 0 Å². The van der Waals surface area contributed by atoms with Crippen LogP contribution in [0, 0.1) is 0 Å². The third-order valence-corrected chi connectivity index (χ3v) is 2.80. The second-order valence-electron chi connectivity index (χ2n) is 3.76. The fourth-order valence-corrected chi connectivity index (χ4v) is 1.95. The summed E-state index contributed by atoms with van der Waals surface area (Å²) in [5.41, 5.74) is 0.414. The van der Waals surface area contributed by atoms with Gasteiger partial charge in [0.1, 0.15) is 5.92 Å². The number of rotatable bonds is 2. The van der Waals surface area contributed by atoms with Gasteiger partial charge in [-0.2, -0.15) is 0 Å². The van der Waals surface area contributed by atoms with Crippen molar-refractivity contribution in [2.24, 2.45) is 0 Å². The maximum Gasteiger partial charge on any atom is 0.348 e. The van der Waals surface area contributed by atoms with E-state index >= 15 is 0 Å². The van der Waals surface area contributed by atoms with Crippen LogP contribution >= 0.6 is 0 Å². The number of benzene rings is 1. The lowest BCUT2D eigenvalue weighted by Crippen LogP contribution is -2.34. The fourth-order valence-electron chi connectivity index (χ4n) is 1.95. The zero-order valence-electron chi connectivity index (χ0n) is 9.88. The molecular formula is C12H12O6. The van der Waals surface area contributed by atoms with E-state index in [1.54, 1.807) is 12.1 Å². The molecule has 0 amide bonds. The number of ether oxygens (including phenoxy) is 3. The van der Waals surface area contributed by atoms with Gasteiger partial charge in [0.05, 0.1) is 14.2 Å². The largest absolute Gasteiger partial charge is 0.504 e. The van der Waals surface area contributed by atoms with Crippen molar-refractivity contribution in [3.05, 3.63) is 23.8 Å². The minimum Gasteiger partial charge on any atom is -0.504 e. The Labute approximate surface area is 103 Å². The molecule has 1 aromatic carbocycles. The van der Waals surface area contributed by atoms with Crippen molar-refractivity contribution < 1.29 is 28.9 Å². The molecule has 2 rings (SSSR count). The van der Waals surface area contributed by atoms with Crippen LogP contribution < -0.4 is 4.74 Å². The predicted octanol–water partition coefficient (Wildman–Crippen LogP) is 0.583. The van der Waals surface area contributed by atoms with Gasteiger partial charge in [-0.25, -0.2) is 4.79 Å². The molecule has 0 fully saturated rings. The average molecular weight is 252 g/mol. The van der Waals surface area contributed by atoms with Gasteiger partial charge in [0, 0.05) is 5.56 Å². The van der Waals surface area contributed by atoms with Crippen LogP contribution in [0.15, 0.2) is 18.2 Å². The fraction of sp³-hybridized carbons (Fsp3) is 0.333. The summed E-state index contributed by atoms with van der Waals surface area (Å²) < 4.78 is 14.5. The quantitative estimate of drug-likeness (QED) is 0.775. The van der Waals surface area contributed by atoms with Gasteiger partial charge in [-0.05, 0) is 6.07 Å². The van der Waals surface area contributed by atoms with E-state index in [9.17, 15) is 14.7 Å². The van der Waals surface area contributed by atoms with Gasteiger partial charge in [-0.1, -0.05) is 12.1 Å². The molecule has 1 aliphatic rings. The second kappa shape index (κ2) is 4.56. The van der Waals surface area contributed by atoms with Gasteiger partial charge < -0.3 is 19.3 Å². The number of hydrogen-bond donors (Lipinski definition) is 1. The van der Waals surface area contributed by atoms with Crippen LogP contribution in [0.1, 0.15) is 11.5 Å². The van der Waals surface area contributed by atoms with Gasteiger partial charge >= 0.3 is 11.9 Å². The Balaban J connectivity index is 2.47.